The summed E-state index contributed by atoms with van der Waals surface area (Å²) in [5.41, 5.74) is 2.61. The van der Waals surface area contributed by atoms with Crippen LogP contribution in [0.3, 0.4) is 0 Å². The second-order valence-electron chi connectivity index (χ2n) is 7.74. The maximum Gasteiger partial charge on any atom is 0.234 e. The number of rotatable bonds is 10. The highest BCUT2D eigenvalue weighted by Crippen LogP contribution is 2.30. The second kappa shape index (κ2) is 12.0. The van der Waals surface area contributed by atoms with Crippen LogP contribution in [0.4, 0.5) is 11.4 Å². The summed E-state index contributed by atoms with van der Waals surface area (Å²) in [6.45, 7) is 3.92. The zero-order valence-electron chi connectivity index (χ0n) is 20.6. The van der Waals surface area contributed by atoms with Crippen LogP contribution >= 0.6 is 11.8 Å². The number of aromatic nitrogens is 4. The molecule has 2 aromatic heterocycles. The number of hydrogen-bond donors (Lipinski definition) is 2. The third kappa shape index (κ3) is 6.44. The number of hydrogen-bond acceptors (Lipinski definition) is 8. The molecule has 2 heterocycles. The first-order valence-electron chi connectivity index (χ1n) is 11.5. The fraction of sp³-hybridized carbons (Fsp3) is 0.192. The van der Waals surface area contributed by atoms with E-state index in [1.165, 1.54) is 25.8 Å². The van der Waals surface area contributed by atoms with Gasteiger partial charge in [-0.05, 0) is 61.5 Å². The molecule has 0 saturated heterocycles. The van der Waals surface area contributed by atoms with Gasteiger partial charge < -0.3 is 20.1 Å². The monoisotopic (exact) mass is 518 g/mol. The Morgan fingerprint density at radius 1 is 1.05 bits per heavy atom. The molecule has 4 aromatic rings. The smallest absolute Gasteiger partial charge is 0.234 e. The van der Waals surface area contributed by atoms with Gasteiger partial charge in [0.1, 0.15) is 11.5 Å². The molecule has 0 saturated carbocycles. The summed E-state index contributed by atoms with van der Waals surface area (Å²) in [5.74, 6) is 1.42. The molecule has 0 atom stereocenters. The van der Waals surface area contributed by atoms with E-state index in [9.17, 15) is 9.59 Å². The Bertz CT molecular complexity index is 1380. The third-order valence-corrected chi connectivity index (χ3v) is 6.01. The lowest BCUT2D eigenvalue weighted by Gasteiger charge is -2.13. The predicted octanol–water partition coefficient (Wildman–Crippen LogP) is 4.43. The topological polar surface area (TPSA) is 120 Å². The molecule has 0 aliphatic carbocycles. The fourth-order valence-electron chi connectivity index (χ4n) is 3.54. The molecule has 0 aliphatic heterocycles. The molecule has 0 radical (unpaired) electrons. The number of methoxy groups -OCH3 is 1. The molecule has 11 heteroatoms. The van der Waals surface area contributed by atoms with Crippen LogP contribution in [0.2, 0.25) is 0 Å². The lowest BCUT2D eigenvalue weighted by atomic mass is 10.2. The van der Waals surface area contributed by atoms with Crippen molar-refractivity contribution in [3.63, 3.8) is 0 Å². The van der Waals surface area contributed by atoms with Gasteiger partial charge in [-0.2, -0.15) is 0 Å². The molecule has 2 amide bonds. The third-order valence-electron chi connectivity index (χ3n) is 5.09. The van der Waals surface area contributed by atoms with E-state index in [4.69, 9.17) is 9.47 Å². The molecule has 10 nitrogen and oxygen atoms in total. The van der Waals surface area contributed by atoms with Crippen LogP contribution in [0.5, 0.6) is 11.5 Å². The molecule has 0 unspecified atom stereocenters. The largest absolute Gasteiger partial charge is 0.495 e. The van der Waals surface area contributed by atoms with Crippen LogP contribution in [0.15, 0.2) is 72.1 Å². The molecular formula is C26H26N6O4S. The van der Waals surface area contributed by atoms with Crippen molar-refractivity contribution >= 4 is 35.0 Å². The zero-order chi connectivity index (χ0) is 26.2. The van der Waals surface area contributed by atoms with E-state index in [0.29, 0.717) is 34.7 Å². The van der Waals surface area contributed by atoms with Crippen molar-refractivity contribution in [2.45, 2.75) is 19.0 Å². The van der Waals surface area contributed by atoms with Gasteiger partial charge in [-0.25, -0.2) is 0 Å². The maximum absolute atomic E-state index is 12.9. The Labute approximate surface area is 218 Å². The minimum atomic E-state index is -0.271. The number of carbonyl (C=O) groups is 2. The lowest BCUT2D eigenvalue weighted by Crippen LogP contribution is -2.16. The van der Waals surface area contributed by atoms with Crippen LogP contribution in [0.25, 0.3) is 17.1 Å². The first-order chi connectivity index (χ1) is 18.0. The molecule has 0 spiro atoms. The van der Waals surface area contributed by atoms with Crippen molar-refractivity contribution in [2.75, 3.05) is 30.1 Å². The number of amides is 2. The molecule has 2 N–H and O–H groups in total. The summed E-state index contributed by atoms with van der Waals surface area (Å²) in [7, 11) is 1.51. The maximum atomic E-state index is 12.9. The van der Waals surface area contributed by atoms with Gasteiger partial charge in [0.2, 0.25) is 11.8 Å². The van der Waals surface area contributed by atoms with Gasteiger partial charge in [-0.1, -0.05) is 11.8 Å². The quantitative estimate of drug-likeness (QED) is 0.296. The van der Waals surface area contributed by atoms with E-state index in [2.05, 4.69) is 25.8 Å². The van der Waals surface area contributed by atoms with E-state index < -0.39 is 0 Å². The van der Waals surface area contributed by atoms with Gasteiger partial charge in [-0.3, -0.25) is 19.1 Å². The highest BCUT2D eigenvalue weighted by Gasteiger charge is 2.18. The van der Waals surface area contributed by atoms with Crippen molar-refractivity contribution in [1.82, 2.24) is 19.7 Å². The number of thioether (sulfide) groups is 1. The Kier molecular flexibility index (Phi) is 8.37. The summed E-state index contributed by atoms with van der Waals surface area (Å²) in [6, 6.07) is 16.3. The van der Waals surface area contributed by atoms with E-state index >= 15 is 0 Å². The second-order valence-corrected chi connectivity index (χ2v) is 8.69. The lowest BCUT2D eigenvalue weighted by molar-refractivity contribution is -0.114. The number of ether oxygens (including phenoxy) is 2. The Morgan fingerprint density at radius 2 is 1.86 bits per heavy atom. The van der Waals surface area contributed by atoms with E-state index in [1.54, 1.807) is 30.6 Å². The Hall–Kier alpha value is -4.38. The first-order valence-corrected chi connectivity index (χ1v) is 12.4. The van der Waals surface area contributed by atoms with Gasteiger partial charge in [0.25, 0.3) is 0 Å². The standard InChI is InChI=1S/C26H26N6O4S/c1-4-36-21-10-8-20(9-11-21)32-25(18-6-5-13-27-15-18)30-31-26(32)37-16-24(34)29-22-14-19(28-17(2)33)7-12-23(22)35-3/h5-15H,4,16H2,1-3H3,(H,28,33)(H,29,34). The summed E-state index contributed by atoms with van der Waals surface area (Å²) in [5, 5.41) is 14.8. The van der Waals surface area contributed by atoms with Gasteiger partial charge in [0.15, 0.2) is 11.0 Å². The summed E-state index contributed by atoms with van der Waals surface area (Å²) < 4.78 is 12.8. The summed E-state index contributed by atoms with van der Waals surface area (Å²) >= 11 is 1.24. The number of nitrogens with zero attached hydrogens (tertiary/aromatic N) is 4. The average Bonchev–Trinajstić information content (AvgIpc) is 3.32. The van der Waals surface area contributed by atoms with Crippen LogP contribution < -0.4 is 20.1 Å². The van der Waals surface area contributed by atoms with Crippen LogP contribution in [0, 0.1) is 0 Å². The number of nitrogens with one attached hydrogen (secondary N) is 2. The van der Waals surface area contributed by atoms with Crippen molar-refractivity contribution in [3.05, 3.63) is 67.0 Å². The molecule has 0 fully saturated rings. The van der Waals surface area contributed by atoms with Crippen molar-refractivity contribution < 1.29 is 19.1 Å². The molecule has 0 bridgehead atoms. The number of carbonyl (C=O) groups excluding carboxylic acids is 2. The van der Waals surface area contributed by atoms with Gasteiger partial charge in [-0.15, -0.1) is 10.2 Å². The van der Waals surface area contributed by atoms with Crippen LogP contribution in [-0.2, 0) is 9.59 Å². The predicted molar refractivity (Wildman–Crippen MR) is 142 cm³/mol. The molecule has 190 valence electrons. The molecule has 0 aliphatic rings. The van der Waals surface area contributed by atoms with Gasteiger partial charge in [0.05, 0.1) is 25.2 Å². The van der Waals surface area contributed by atoms with Crippen LogP contribution in [0.1, 0.15) is 13.8 Å². The minimum Gasteiger partial charge on any atom is -0.495 e. The van der Waals surface area contributed by atoms with E-state index in [0.717, 1.165) is 17.0 Å². The molecule has 4 rings (SSSR count). The normalized spacial score (nSPS) is 10.6. The number of pyridine rings is 1. The van der Waals surface area contributed by atoms with E-state index in [-0.39, 0.29) is 17.6 Å². The summed E-state index contributed by atoms with van der Waals surface area (Å²) in [6.07, 6.45) is 3.40. The molecular weight excluding hydrogens is 492 g/mol. The number of benzene rings is 2. The highest BCUT2D eigenvalue weighted by atomic mass is 32.2. The SMILES string of the molecule is CCOc1ccc(-n2c(SCC(=O)Nc3cc(NC(C)=O)ccc3OC)nnc2-c2cccnc2)cc1. The number of anilines is 2. The fourth-order valence-corrected chi connectivity index (χ4v) is 4.29. The average molecular weight is 519 g/mol. The Balaban J connectivity index is 1.57. The Morgan fingerprint density at radius 3 is 2.54 bits per heavy atom. The van der Waals surface area contributed by atoms with Gasteiger partial charge >= 0.3 is 0 Å². The first kappa shape index (κ1) is 25.7. The van der Waals surface area contributed by atoms with Crippen LogP contribution in [-0.4, -0.2) is 51.0 Å². The minimum absolute atomic E-state index is 0.0652. The van der Waals surface area contributed by atoms with Gasteiger partial charge in [0, 0.05) is 36.3 Å². The summed E-state index contributed by atoms with van der Waals surface area (Å²) in [4.78, 5) is 28.5. The molecule has 2 aromatic carbocycles. The van der Waals surface area contributed by atoms with Crippen molar-refractivity contribution in [3.8, 4) is 28.6 Å². The van der Waals surface area contributed by atoms with Crippen molar-refractivity contribution in [2.24, 2.45) is 0 Å². The van der Waals surface area contributed by atoms with E-state index in [1.807, 2.05) is 47.9 Å². The molecule has 37 heavy (non-hydrogen) atoms. The zero-order valence-corrected chi connectivity index (χ0v) is 21.4. The highest BCUT2D eigenvalue weighted by molar-refractivity contribution is 7.99. The van der Waals surface area contributed by atoms with Crippen molar-refractivity contribution in [1.29, 1.82) is 0 Å².